The largest absolute Gasteiger partial charge is 0.360 e. The zero-order chi connectivity index (χ0) is 16.0. The van der Waals surface area contributed by atoms with Crippen LogP contribution in [-0.4, -0.2) is 19.9 Å². The second kappa shape index (κ2) is 5.31. The van der Waals surface area contributed by atoms with Crippen molar-refractivity contribution in [2.45, 2.75) is 26.8 Å². The minimum absolute atomic E-state index is 0.0279. The van der Waals surface area contributed by atoms with Gasteiger partial charge in [-0.25, -0.2) is 15.0 Å². The van der Waals surface area contributed by atoms with Gasteiger partial charge in [0.05, 0.1) is 22.5 Å². The van der Waals surface area contributed by atoms with Crippen LogP contribution >= 0.6 is 11.3 Å². The summed E-state index contributed by atoms with van der Waals surface area (Å²) in [6, 6.07) is 8.08. The van der Waals surface area contributed by atoms with Crippen LogP contribution in [0.3, 0.4) is 0 Å². The predicted octanol–water partition coefficient (Wildman–Crippen LogP) is 4.36. The maximum absolute atomic E-state index is 4.66. The Bertz CT molecular complexity index is 968. The maximum atomic E-state index is 4.66. The Balaban J connectivity index is 1.72. The summed E-state index contributed by atoms with van der Waals surface area (Å²) >= 11 is 1.71. The van der Waals surface area contributed by atoms with Crippen molar-refractivity contribution < 1.29 is 0 Å². The van der Waals surface area contributed by atoms with Crippen LogP contribution in [-0.2, 0) is 0 Å². The van der Waals surface area contributed by atoms with Gasteiger partial charge in [0.1, 0.15) is 22.8 Å². The van der Waals surface area contributed by atoms with Gasteiger partial charge in [0, 0.05) is 4.88 Å². The lowest BCUT2D eigenvalue weighted by molar-refractivity contribution is 0.810. The highest BCUT2D eigenvalue weighted by Crippen LogP contribution is 2.33. The van der Waals surface area contributed by atoms with Crippen molar-refractivity contribution in [1.29, 1.82) is 0 Å². The van der Waals surface area contributed by atoms with Crippen LogP contribution in [0.4, 0.5) is 5.82 Å². The van der Waals surface area contributed by atoms with Gasteiger partial charge in [-0.3, -0.25) is 0 Å². The molecule has 23 heavy (non-hydrogen) atoms. The average molecular weight is 323 g/mol. The van der Waals surface area contributed by atoms with E-state index in [2.05, 4.69) is 46.0 Å². The van der Waals surface area contributed by atoms with Crippen LogP contribution < -0.4 is 5.32 Å². The van der Waals surface area contributed by atoms with E-state index < -0.39 is 0 Å². The molecule has 0 radical (unpaired) electrons. The Kier molecular flexibility index (Phi) is 3.27. The SMILES string of the molecule is Cc1sc2ncnc(N[C@@H](C)c3nc4ccccc4[nH]3)c2c1C. The molecule has 0 amide bonds. The lowest BCUT2D eigenvalue weighted by Crippen LogP contribution is -2.10. The van der Waals surface area contributed by atoms with Crippen LogP contribution in [0.5, 0.6) is 0 Å². The maximum Gasteiger partial charge on any atom is 0.139 e. The number of nitrogens with one attached hydrogen (secondary N) is 2. The monoisotopic (exact) mass is 323 g/mol. The molecule has 0 saturated heterocycles. The third-order valence-electron chi connectivity index (χ3n) is 4.14. The molecule has 0 fully saturated rings. The first-order valence-electron chi connectivity index (χ1n) is 7.55. The Morgan fingerprint density at radius 1 is 1.17 bits per heavy atom. The number of thiophene rings is 1. The van der Waals surface area contributed by atoms with Gasteiger partial charge in [-0.15, -0.1) is 11.3 Å². The highest BCUT2D eigenvalue weighted by Gasteiger charge is 2.16. The van der Waals surface area contributed by atoms with Crippen molar-refractivity contribution in [3.63, 3.8) is 0 Å². The number of para-hydroxylation sites is 2. The summed E-state index contributed by atoms with van der Waals surface area (Å²) < 4.78 is 0. The molecule has 1 atom stereocenters. The summed E-state index contributed by atoms with van der Waals surface area (Å²) in [5.41, 5.74) is 3.27. The van der Waals surface area contributed by atoms with Gasteiger partial charge in [-0.05, 0) is 38.5 Å². The third-order valence-corrected chi connectivity index (χ3v) is 5.25. The van der Waals surface area contributed by atoms with Gasteiger partial charge in [-0.1, -0.05) is 12.1 Å². The minimum Gasteiger partial charge on any atom is -0.360 e. The van der Waals surface area contributed by atoms with Crippen molar-refractivity contribution in [2.75, 3.05) is 5.32 Å². The number of imidazole rings is 1. The molecule has 0 bridgehead atoms. The number of aromatic nitrogens is 4. The Morgan fingerprint density at radius 2 is 2.00 bits per heavy atom. The fourth-order valence-corrected chi connectivity index (χ4v) is 3.74. The number of benzene rings is 1. The standard InChI is InChI=1S/C17H17N5S/c1-9-11(3)23-17-14(9)16(18-8-19-17)20-10(2)15-21-12-6-4-5-7-13(12)22-15/h4-8,10H,1-3H3,(H,21,22)(H,18,19,20)/t10-/m0/s1. The minimum atomic E-state index is 0.0279. The third kappa shape index (κ3) is 2.35. The molecule has 0 aliphatic heterocycles. The molecule has 4 aromatic rings. The van der Waals surface area contributed by atoms with Crippen LogP contribution in [0.25, 0.3) is 21.3 Å². The highest BCUT2D eigenvalue weighted by atomic mass is 32.1. The Morgan fingerprint density at radius 3 is 2.83 bits per heavy atom. The molecule has 0 aliphatic carbocycles. The summed E-state index contributed by atoms with van der Waals surface area (Å²) in [7, 11) is 0. The molecule has 3 heterocycles. The zero-order valence-corrected chi connectivity index (χ0v) is 14.0. The number of fused-ring (bicyclic) bond motifs is 2. The Hall–Kier alpha value is -2.47. The summed E-state index contributed by atoms with van der Waals surface area (Å²) in [5, 5.41) is 4.59. The van der Waals surface area contributed by atoms with E-state index >= 15 is 0 Å². The molecule has 5 nitrogen and oxygen atoms in total. The van der Waals surface area contributed by atoms with Gasteiger partial charge < -0.3 is 10.3 Å². The first kappa shape index (κ1) is 14.1. The second-order valence-electron chi connectivity index (χ2n) is 5.69. The predicted molar refractivity (Wildman–Crippen MR) is 95.0 cm³/mol. The molecule has 0 aliphatic rings. The van der Waals surface area contributed by atoms with E-state index in [4.69, 9.17) is 0 Å². The summed E-state index contributed by atoms with van der Waals surface area (Å²) in [6.07, 6.45) is 1.62. The van der Waals surface area contributed by atoms with Crippen molar-refractivity contribution in [3.8, 4) is 0 Å². The summed E-state index contributed by atoms with van der Waals surface area (Å²) in [6.45, 7) is 6.32. The van der Waals surface area contributed by atoms with E-state index in [0.29, 0.717) is 0 Å². The number of anilines is 1. The molecule has 0 spiro atoms. The summed E-state index contributed by atoms with van der Waals surface area (Å²) in [5.74, 6) is 1.77. The smallest absolute Gasteiger partial charge is 0.139 e. The number of nitrogens with zero attached hydrogens (tertiary/aromatic N) is 3. The molecule has 4 rings (SSSR count). The molecule has 3 aromatic heterocycles. The molecule has 1 aromatic carbocycles. The second-order valence-corrected chi connectivity index (χ2v) is 6.89. The first-order valence-corrected chi connectivity index (χ1v) is 8.37. The number of H-pyrrole nitrogens is 1. The normalized spacial score (nSPS) is 12.8. The van der Waals surface area contributed by atoms with Crippen molar-refractivity contribution in [1.82, 2.24) is 19.9 Å². The number of hydrogen-bond acceptors (Lipinski definition) is 5. The Labute approximate surface area is 137 Å². The molecule has 116 valence electrons. The van der Waals surface area contributed by atoms with E-state index in [1.807, 2.05) is 24.3 Å². The lowest BCUT2D eigenvalue weighted by atomic mass is 10.2. The molecule has 0 saturated carbocycles. The van der Waals surface area contributed by atoms with Crippen molar-refractivity contribution >= 4 is 38.4 Å². The molecule has 6 heteroatoms. The van der Waals surface area contributed by atoms with Gasteiger partial charge >= 0.3 is 0 Å². The van der Waals surface area contributed by atoms with E-state index in [-0.39, 0.29) is 6.04 Å². The van der Waals surface area contributed by atoms with Crippen LogP contribution in [0.15, 0.2) is 30.6 Å². The number of aryl methyl sites for hydroxylation is 2. The topological polar surface area (TPSA) is 66.5 Å². The fraction of sp³-hybridized carbons (Fsp3) is 0.235. The van der Waals surface area contributed by atoms with E-state index in [0.717, 1.165) is 32.9 Å². The molecular weight excluding hydrogens is 306 g/mol. The highest BCUT2D eigenvalue weighted by molar-refractivity contribution is 7.18. The quantitative estimate of drug-likeness (QED) is 0.588. The molecular formula is C17H17N5S. The van der Waals surface area contributed by atoms with Crippen LogP contribution in [0.2, 0.25) is 0 Å². The average Bonchev–Trinajstić information content (AvgIpc) is 3.10. The van der Waals surface area contributed by atoms with Crippen molar-refractivity contribution in [2.24, 2.45) is 0 Å². The van der Waals surface area contributed by atoms with Crippen molar-refractivity contribution in [3.05, 3.63) is 46.9 Å². The van der Waals surface area contributed by atoms with Gasteiger partial charge in [0.2, 0.25) is 0 Å². The number of aromatic amines is 1. The first-order chi connectivity index (χ1) is 11.1. The fourth-order valence-electron chi connectivity index (χ4n) is 2.74. The van der Waals surface area contributed by atoms with Crippen LogP contribution in [0.1, 0.15) is 29.2 Å². The van der Waals surface area contributed by atoms with Crippen LogP contribution in [0, 0.1) is 13.8 Å². The number of hydrogen-bond donors (Lipinski definition) is 2. The van der Waals surface area contributed by atoms with Gasteiger partial charge in [0.15, 0.2) is 0 Å². The zero-order valence-electron chi connectivity index (χ0n) is 13.2. The van der Waals surface area contributed by atoms with Gasteiger partial charge in [0.25, 0.3) is 0 Å². The molecule has 2 N–H and O–H groups in total. The molecule has 0 unspecified atom stereocenters. The number of rotatable bonds is 3. The van der Waals surface area contributed by atoms with Gasteiger partial charge in [-0.2, -0.15) is 0 Å². The lowest BCUT2D eigenvalue weighted by Gasteiger charge is -2.13. The van der Waals surface area contributed by atoms with E-state index in [1.54, 1.807) is 17.7 Å². The van der Waals surface area contributed by atoms with E-state index in [9.17, 15) is 0 Å². The summed E-state index contributed by atoms with van der Waals surface area (Å²) in [4.78, 5) is 19.2. The van der Waals surface area contributed by atoms with E-state index in [1.165, 1.54) is 10.4 Å².